The van der Waals surface area contributed by atoms with Crippen molar-refractivity contribution in [1.29, 1.82) is 0 Å². The van der Waals surface area contributed by atoms with Crippen LogP contribution in [-0.4, -0.2) is 13.7 Å². The second-order valence-corrected chi connectivity index (χ2v) is 6.61. The van der Waals surface area contributed by atoms with Crippen LogP contribution in [0.2, 0.25) is 10.0 Å². The summed E-state index contributed by atoms with van der Waals surface area (Å²) in [5.41, 5.74) is 1.11. The highest BCUT2D eigenvalue weighted by Gasteiger charge is 2.26. The average Bonchev–Trinajstić information content (AvgIpc) is 2.76. The summed E-state index contributed by atoms with van der Waals surface area (Å²) < 4.78 is 5.25. The fourth-order valence-electron chi connectivity index (χ4n) is 3.33. The zero-order chi connectivity index (χ0) is 15.2. The number of hydrogen-bond acceptors (Lipinski definition) is 2. The number of methoxy groups -OCH3 is 1. The van der Waals surface area contributed by atoms with Gasteiger partial charge in [0, 0.05) is 17.1 Å². The van der Waals surface area contributed by atoms with Crippen LogP contribution in [0, 0.1) is 5.92 Å². The van der Waals surface area contributed by atoms with Gasteiger partial charge >= 0.3 is 0 Å². The predicted octanol–water partition coefficient (Wildman–Crippen LogP) is 5.62. The Hall–Kier alpha value is -0.440. The number of ether oxygens (including phenoxy) is 1. The summed E-state index contributed by atoms with van der Waals surface area (Å²) in [5, 5.41) is 4.99. The van der Waals surface area contributed by atoms with E-state index in [1.165, 1.54) is 38.5 Å². The van der Waals surface area contributed by atoms with Crippen LogP contribution in [-0.2, 0) is 0 Å². The highest BCUT2D eigenvalue weighted by molar-refractivity contribution is 6.34. The summed E-state index contributed by atoms with van der Waals surface area (Å²) in [4.78, 5) is 0. The molecule has 0 amide bonds. The van der Waals surface area contributed by atoms with E-state index in [1.54, 1.807) is 7.11 Å². The number of benzene rings is 1. The molecule has 0 aliphatic heterocycles. The van der Waals surface area contributed by atoms with Gasteiger partial charge in [0.05, 0.1) is 12.1 Å². The zero-order valence-corrected chi connectivity index (χ0v) is 14.4. The molecule has 0 saturated heterocycles. The second-order valence-electron chi connectivity index (χ2n) is 5.80. The van der Waals surface area contributed by atoms with Crippen molar-refractivity contribution in [3.8, 4) is 5.75 Å². The molecule has 1 aromatic rings. The lowest BCUT2D eigenvalue weighted by Crippen LogP contribution is -2.28. The first kappa shape index (κ1) is 16.9. The Morgan fingerprint density at radius 2 is 1.81 bits per heavy atom. The third-order valence-corrected chi connectivity index (χ3v) is 5.02. The lowest BCUT2D eigenvalue weighted by atomic mass is 9.87. The predicted molar refractivity (Wildman–Crippen MR) is 90.6 cm³/mol. The minimum Gasteiger partial charge on any atom is -0.495 e. The van der Waals surface area contributed by atoms with Crippen molar-refractivity contribution < 1.29 is 4.74 Å². The molecule has 1 fully saturated rings. The molecule has 1 aliphatic carbocycles. The van der Waals surface area contributed by atoms with Crippen LogP contribution in [0.1, 0.15) is 57.1 Å². The maximum atomic E-state index is 6.49. The van der Waals surface area contributed by atoms with Crippen LogP contribution in [0.25, 0.3) is 0 Å². The van der Waals surface area contributed by atoms with E-state index in [2.05, 4.69) is 12.2 Å². The number of rotatable bonds is 5. The molecule has 0 heterocycles. The van der Waals surface area contributed by atoms with Gasteiger partial charge in [0.25, 0.3) is 0 Å². The maximum Gasteiger partial charge on any atom is 0.138 e. The summed E-state index contributed by atoms with van der Waals surface area (Å²) in [6.45, 7) is 3.07. The van der Waals surface area contributed by atoms with Crippen LogP contribution in [0.15, 0.2) is 12.1 Å². The van der Waals surface area contributed by atoms with Gasteiger partial charge in [-0.05, 0) is 36.9 Å². The van der Waals surface area contributed by atoms with Gasteiger partial charge in [-0.15, -0.1) is 0 Å². The van der Waals surface area contributed by atoms with Gasteiger partial charge in [-0.1, -0.05) is 55.8 Å². The van der Waals surface area contributed by atoms with Gasteiger partial charge < -0.3 is 10.1 Å². The molecule has 0 bridgehead atoms. The van der Waals surface area contributed by atoms with E-state index in [-0.39, 0.29) is 6.04 Å². The van der Waals surface area contributed by atoms with Crippen molar-refractivity contribution in [2.45, 2.75) is 51.5 Å². The number of hydrogen-bond donors (Lipinski definition) is 1. The fourth-order valence-corrected chi connectivity index (χ4v) is 3.85. The quantitative estimate of drug-likeness (QED) is 0.707. The highest BCUT2D eigenvalue weighted by atomic mass is 35.5. The molecule has 2 nitrogen and oxygen atoms in total. The first-order valence-corrected chi connectivity index (χ1v) is 8.69. The molecule has 2 rings (SSSR count). The molecule has 1 saturated carbocycles. The minimum atomic E-state index is 0.281. The van der Waals surface area contributed by atoms with Crippen LogP contribution in [0.5, 0.6) is 5.75 Å². The summed E-state index contributed by atoms with van der Waals surface area (Å²) in [5.74, 6) is 1.27. The Balaban J connectivity index is 2.30. The molecule has 0 spiro atoms. The van der Waals surface area contributed by atoms with Gasteiger partial charge in [0.2, 0.25) is 0 Å². The normalized spacial score (nSPS) is 18.3. The van der Waals surface area contributed by atoms with Crippen molar-refractivity contribution >= 4 is 23.2 Å². The Bertz CT molecular complexity index is 456. The number of nitrogens with one attached hydrogen (secondary N) is 1. The van der Waals surface area contributed by atoms with E-state index < -0.39 is 0 Å². The first-order chi connectivity index (χ1) is 10.2. The lowest BCUT2D eigenvalue weighted by Gasteiger charge is -2.28. The Morgan fingerprint density at radius 1 is 1.14 bits per heavy atom. The van der Waals surface area contributed by atoms with E-state index in [0.717, 1.165) is 17.1 Å². The number of halogens is 2. The molecule has 1 atom stereocenters. The summed E-state index contributed by atoms with van der Waals surface area (Å²) in [6, 6.07) is 4.09. The molecule has 4 heteroatoms. The van der Waals surface area contributed by atoms with Crippen molar-refractivity contribution in [1.82, 2.24) is 5.32 Å². The molecular weight excluding hydrogens is 305 g/mol. The largest absolute Gasteiger partial charge is 0.495 e. The zero-order valence-electron chi connectivity index (χ0n) is 12.9. The second kappa shape index (κ2) is 8.26. The third kappa shape index (κ3) is 4.28. The highest BCUT2D eigenvalue weighted by Crippen LogP contribution is 2.40. The first-order valence-electron chi connectivity index (χ1n) is 7.93. The maximum absolute atomic E-state index is 6.49. The van der Waals surface area contributed by atoms with E-state index in [9.17, 15) is 0 Å². The van der Waals surface area contributed by atoms with Crippen molar-refractivity contribution in [2.24, 2.45) is 5.92 Å². The van der Waals surface area contributed by atoms with Gasteiger partial charge in [0.1, 0.15) is 5.75 Å². The monoisotopic (exact) mass is 329 g/mol. The van der Waals surface area contributed by atoms with E-state index >= 15 is 0 Å². The molecule has 21 heavy (non-hydrogen) atoms. The van der Waals surface area contributed by atoms with Crippen molar-refractivity contribution in [2.75, 3.05) is 13.7 Å². The summed E-state index contributed by atoms with van der Waals surface area (Å²) >= 11 is 12.8. The lowest BCUT2D eigenvalue weighted by molar-refractivity contribution is 0.330. The Labute approximate surface area is 138 Å². The Morgan fingerprint density at radius 3 is 2.38 bits per heavy atom. The fraction of sp³-hybridized carbons (Fsp3) is 0.647. The molecule has 1 aliphatic rings. The molecule has 1 N–H and O–H groups in total. The van der Waals surface area contributed by atoms with Gasteiger partial charge in [-0.2, -0.15) is 0 Å². The van der Waals surface area contributed by atoms with Crippen LogP contribution in [0.3, 0.4) is 0 Å². The van der Waals surface area contributed by atoms with Crippen LogP contribution >= 0.6 is 23.2 Å². The molecule has 1 unspecified atom stereocenters. The van der Waals surface area contributed by atoms with Crippen LogP contribution < -0.4 is 10.1 Å². The van der Waals surface area contributed by atoms with Gasteiger partial charge in [-0.25, -0.2) is 0 Å². The van der Waals surface area contributed by atoms with Crippen molar-refractivity contribution in [3.05, 3.63) is 27.7 Å². The summed E-state index contributed by atoms with van der Waals surface area (Å²) in [6.07, 6.45) is 7.86. The van der Waals surface area contributed by atoms with Gasteiger partial charge in [-0.3, -0.25) is 0 Å². The molecular formula is C17H25Cl2NO. The van der Waals surface area contributed by atoms with Crippen LogP contribution in [0.4, 0.5) is 0 Å². The molecule has 118 valence electrons. The molecule has 1 aromatic carbocycles. The average molecular weight is 330 g/mol. The SMILES string of the molecule is CCNC(c1cc(Cl)c(OC)cc1Cl)C1CCCCCC1. The molecule has 0 aromatic heterocycles. The topological polar surface area (TPSA) is 21.3 Å². The standard InChI is InChI=1S/C17H25Cl2NO/c1-3-20-17(12-8-6-4-5-7-9-12)13-10-15(19)16(21-2)11-14(13)18/h10-12,17,20H,3-9H2,1-2H3. The summed E-state index contributed by atoms with van der Waals surface area (Å²) in [7, 11) is 1.62. The smallest absolute Gasteiger partial charge is 0.138 e. The van der Waals surface area contributed by atoms with E-state index in [1.807, 2.05) is 12.1 Å². The van der Waals surface area contributed by atoms with E-state index in [4.69, 9.17) is 27.9 Å². The third-order valence-electron chi connectivity index (χ3n) is 4.40. The van der Waals surface area contributed by atoms with Crippen molar-refractivity contribution in [3.63, 3.8) is 0 Å². The minimum absolute atomic E-state index is 0.281. The van der Waals surface area contributed by atoms with Gasteiger partial charge in [0.15, 0.2) is 0 Å². The Kier molecular flexibility index (Phi) is 6.66. The molecule has 0 radical (unpaired) electrons. The van der Waals surface area contributed by atoms with E-state index in [0.29, 0.717) is 16.7 Å².